The van der Waals surface area contributed by atoms with Crippen LogP contribution in [0, 0.1) is 0 Å². The summed E-state index contributed by atoms with van der Waals surface area (Å²) < 4.78 is 11.1. The highest BCUT2D eigenvalue weighted by atomic mass is 35.5. The minimum atomic E-state index is -0.0276. The Morgan fingerprint density at radius 2 is 2.00 bits per heavy atom. The van der Waals surface area contributed by atoms with Gasteiger partial charge in [0, 0.05) is 11.6 Å². The molecule has 1 aromatic rings. The quantitative estimate of drug-likeness (QED) is 0.861. The SMILES string of the molecule is Cl.NCCC[C@@H](N)c1cccc2c1OCCO2. The first-order chi connectivity index (χ1) is 7.83. The van der Waals surface area contributed by atoms with Crippen molar-refractivity contribution in [3.8, 4) is 11.5 Å². The molecule has 0 aliphatic carbocycles. The molecule has 4 nitrogen and oxygen atoms in total. The fraction of sp³-hybridized carbons (Fsp3) is 0.500. The average molecular weight is 259 g/mol. The monoisotopic (exact) mass is 258 g/mol. The van der Waals surface area contributed by atoms with Crippen LogP contribution < -0.4 is 20.9 Å². The van der Waals surface area contributed by atoms with Crippen LogP contribution >= 0.6 is 12.4 Å². The Bertz CT molecular complexity index is 360. The van der Waals surface area contributed by atoms with Crippen molar-refractivity contribution in [3.63, 3.8) is 0 Å². The van der Waals surface area contributed by atoms with Crippen molar-refractivity contribution in [3.05, 3.63) is 23.8 Å². The molecule has 0 radical (unpaired) electrons. The first-order valence-corrected chi connectivity index (χ1v) is 5.67. The molecule has 96 valence electrons. The highest BCUT2D eigenvalue weighted by Gasteiger charge is 2.19. The van der Waals surface area contributed by atoms with Crippen LogP contribution in [0.5, 0.6) is 11.5 Å². The summed E-state index contributed by atoms with van der Waals surface area (Å²) in [6.45, 7) is 1.86. The third-order valence-corrected chi connectivity index (χ3v) is 2.72. The van der Waals surface area contributed by atoms with Crippen LogP contribution in [0.25, 0.3) is 0 Å². The smallest absolute Gasteiger partial charge is 0.166 e. The first-order valence-electron chi connectivity index (χ1n) is 5.67. The van der Waals surface area contributed by atoms with E-state index in [0.29, 0.717) is 19.8 Å². The second-order valence-electron chi connectivity index (χ2n) is 3.91. The summed E-state index contributed by atoms with van der Waals surface area (Å²) in [7, 11) is 0. The molecule has 17 heavy (non-hydrogen) atoms. The lowest BCUT2D eigenvalue weighted by Gasteiger charge is -2.23. The standard InChI is InChI=1S/C12H18N2O2.ClH/c13-6-2-4-10(14)9-3-1-5-11-12(9)16-8-7-15-11;/h1,3,5,10H,2,4,6-8,13-14H2;1H/t10-;/m1./s1. The third kappa shape index (κ3) is 3.25. The maximum absolute atomic E-state index is 6.11. The van der Waals surface area contributed by atoms with E-state index in [1.54, 1.807) is 0 Å². The lowest BCUT2D eigenvalue weighted by Crippen LogP contribution is -2.20. The van der Waals surface area contributed by atoms with Crippen LogP contribution in [0.4, 0.5) is 0 Å². The Balaban J connectivity index is 0.00000144. The van der Waals surface area contributed by atoms with Crippen molar-refractivity contribution in [2.75, 3.05) is 19.8 Å². The number of hydrogen-bond acceptors (Lipinski definition) is 4. The summed E-state index contributed by atoms with van der Waals surface area (Å²) in [5, 5.41) is 0. The number of hydrogen-bond donors (Lipinski definition) is 2. The molecular formula is C12H19ClN2O2. The van der Waals surface area contributed by atoms with Gasteiger partial charge in [0.05, 0.1) is 0 Å². The minimum Gasteiger partial charge on any atom is -0.486 e. The Hall–Kier alpha value is -0.970. The molecular weight excluding hydrogens is 240 g/mol. The van der Waals surface area contributed by atoms with E-state index in [2.05, 4.69) is 0 Å². The summed E-state index contributed by atoms with van der Waals surface area (Å²) in [5.74, 6) is 1.60. The normalized spacial score (nSPS) is 14.9. The molecule has 1 aromatic carbocycles. The average Bonchev–Trinajstić information content (AvgIpc) is 2.35. The second-order valence-corrected chi connectivity index (χ2v) is 3.91. The molecule has 1 aliphatic rings. The van der Waals surface area contributed by atoms with Crippen molar-refractivity contribution in [1.29, 1.82) is 0 Å². The van der Waals surface area contributed by atoms with E-state index in [1.807, 2.05) is 18.2 Å². The Morgan fingerprint density at radius 3 is 2.76 bits per heavy atom. The van der Waals surface area contributed by atoms with Crippen LogP contribution in [-0.2, 0) is 0 Å². The molecule has 0 aromatic heterocycles. The van der Waals surface area contributed by atoms with Gasteiger partial charge in [-0.25, -0.2) is 0 Å². The van der Waals surface area contributed by atoms with E-state index >= 15 is 0 Å². The molecule has 0 fully saturated rings. The van der Waals surface area contributed by atoms with Gasteiger partial charge in [0.15, 0.2) is 11.5 Å². The van der Waals surface area contributed by atoms with Gasteiger partial charge in [-0.3, -0.25) is 0 Å². The van der Waals surface area contributed by atoms with Gasteiger partial charge in [0.1, 0.15) is 13.2 Å². The van der Waals surface area contributed by atoms with Gasteiger partial charge in [-0.1, -0.05) is 12.1 Å². The zero-order valence-corrected chi connectivity index (χ0v) is 10.5. The molecule has 0 unspecified atom stereocenters. The number of fused-ring (bicyclic) bond motifs is 1. The zero-order valence-electron chi connectivity index (χ0n) is 9.72. The van der Waals surface area contributed by atoms with Crippen LogP contribution in [0.15, 0.2) is 18.2 Å². The Morgan fingerprint density at radius 1 is 1.24 bits per heavy atom. The molecule has 0 saturated heterocycles. The van der Waals surface area contributed by atoms with Crippen LogP contribution in [0.1, 0.15) is 24.4 Å². The Labute approximate surface area is 108 Å². The summed E-state index contributed by atoms with van der Waals surface area (Å²) in [5.41, 5.74) is 12.6. The first kappa shape index (κ1) is 14.1. The molecule has 1 heterocycles. The maximum atomic E-state index is 6.11. The van der Waals surface area contributed by atoms with Crippen molar-refractivity contribution >= 4 is 12.4 Å². The van der Waals surface area contributed by atoms with Crippen molar-refractivity contribution < 1.29 is 9.47 Å². The minimum absolute atomic E-state index is 0. The van der Waals surface area contributed by atoms with Crippen LogP contribution in [-0.4, -0.2) is 19.8 Å². The Kier molecular flexibility index (Phi) is 5.55. The molecule has 1 aliphatic heterocycles. The van der Waals surface area contributed by atoms with Crippen LogP contribution in [0.3, 0.4) is 0 Å². The van der Waals surface area contributed by atoms with Gasteiger partial charge in [-0.2, -0.15) is 0 Å². The predicted octanol–water partition coefficient (Wildman–Crippen LogP) is 1.62. The van der Waals surface area contributed by atoms with E-state index in [4.69, 9.17) is 20.9 Å². The van der Waals surface area contributed by atoms with Crippen molar-refractivity contribution in [2.45, 2.75) is 18.9 Å². The van der Waals surface area contributed by atoms with Crippen molar-refractivity contribution in [1.82, 2.24) is 0 Å². The fourth-order valence-electron chi connectivity index (χ4n) is 1.88. The largest absolute Gasteiger partial charge is 0.486 e. The van der Waals surface area contributed by atoms with E-state index in [0.717, 1.165) is 29.9 Å². The number of para-hydroxylation sites is 1. The van der Waals surface area contributed by atoms with Gasteiger partial charge in [0.2, 0.25) is 0 Å². The van der Waals surface area contributed by atoms with E-state index in [9.17, 15) is 0 Å². The van der Waals surface area contributed by atoms with Gasteiger partial charge >= 0.3 is 0 Å². The molecule has 0 amide bonds. The molecule has 2 rings (SSSR count). The van der Waals surface area contributed by atoms with Crippen LogP contribution in [0.2, 0.25) is 0 Å². The summed E-state index contributed by atoms with van der Waals surface area (Å²) in [6.07, 6.45) is 1.79. The molecule has 0 saturated carbocycles. The summed E-state index contributed by atoms with van der Waals surface area (Å²) in [6, 6.07) is 5.83. The lowest BCUT2D eigenvalue weighted by atomic mass is 10.0. The van der Waals surface area contributed by atoms with Gasteiger partial charge < -0.3 is 20.9 Å². The van der Waals surface area contributed by atoms with Gasteiger partial charge in [0.25, 0.3) is 0 Å². The highest BCUT2D eigenvalue weighted by Crippen LogP contribution is 2.37. The van der Waals surface area contributed by atoms with Gasteiger partial charge in [-0.15, -0.1) is 12.4 Å². The number of ether oxygens (including phenoxy) is 2. The molecule has 4 N–H and O–H groups in total. The highest BCUT2D eigenvalue weighted by molar-refractivity contribution is 5.85. The number of nitrogens with two attached hydrogens (primary N) is 2. The lowest BCUT2D eigenvalue weighted by molar-refractivity contribution is 0.169. The predicted molar refractivity (Wildman–Crippen MR) is 69.9 cm³/mol. The summed E-state index contributed by atoms with van der Waals surface area (Å²) >= 11 is 0. The van der Waals surface area contributed by atoms with Crippen molar-refractivity contribution in [2.24, 2.45) is 11.5 Å². The van der Waals surface area contributed by atoms with E-state index < -0.39 is 0 Å². The molecule has 5 heteroatoms. The number of rotatable bonds is 4. The zero-order chi connectivity index (χ0) is 11.4. The third-order valence-electron chi connectivity index (χ3n) is 2.72. The fourth-order valence-corrected chi connectivity index (χ4v) is 1.88. The number of halogens is 1. The van der Waals surface area contributed by atoms with Gasteiger partial charge in [-0.05, 0) is 25.5 Å². The molecule has 1 atom stereocenters. The van der Waals surface area contributed by atoms with E-state index in [1.165, 1.54) is 0 Å². The van der Waals surface area contributed by atoms with E-state index in [-0.39, 0.29) is 18.4 Å². The summed E-state index contributed by atoms with van der Waals surface area (Å²) in [4.78, 5) is 0. The topological polar surface area (TPSA) is 70.5 Å². The molecule has 0 spiro atoms. The molecule has 0 bridgehead atoms. The number of benzene rings is 1. The maximum Gasteiger partial charge on any atom is 0.166 e. The second kappa shape index (κ2) is 6.69.